The molecule has 0 bridgehead atoms. The van der Waals surface area contributed by atoms with Gasteiger partial charge in [-0.1, -0.05) is 6.07 Å². The summed E-state index contributed by atoms with van der Waals surface area (Å²) in [4.78, 5) is 2.35. The molecule has 1 saturated heterocycles. The van der Waals surface area contributed by atoms with E-state index in [2.05, 4.69) is 43.0 Å². The van der Waals surface area contributed by atoms with Gasteiger partial charge in [-0.25, -0.2) is 0 Å². The SMILES string of the molecule is Cc1ccc(OC2CCN(CCC#N)CC2)cc1C. The number of likely N-dealkylation sites (tertiary alicyclic amines) is 1. The maximum atomic E-state index is 8.59. The molecule has 0 unspecified atom stereocenters. The highest BCUT2D eigenvalue weighted by Gasteiger charge is 2.20. The van der Waals surface area contributed by atoms with Gasteiger partial charge >= 0.3 is 0 Å². The lowest BCUT2D eigenvalue weighted by atomic mass is 10.1. The maximum absolute atomic E-state index is 8.59. The molecule has 0 N–H and O–H groups in total. The van der Waals surface area contributed by atoms with Crippen molar-refractivity contribution >= 4 is 0 Å². The molecular formula is C16H22N2O. The van der Waals surface area contributed by atoms with Crippen molar-refractivity contribution in [1.82, 2.24) is 4.90 Å². The normalized spacial score (nSPS) is 17.1. The topological polar surface area (TPSA) is 36.3 Å². The Kier molecular flexibility index (Phi) is 4.81. The van der Waals surface area contributed by atoms with Gasteiger partial charge in [-0.2, -0.15) is 5.26 Å². The summed E-state index contributed by atoms with van der Waals surface area (Å²) in [5, 5.41) is 8.59. The summed E-state index contributed by atoms with van der Waals surface area (Å²) >= 11 is 0. The molecule has 1 heterocycles. The van der Waals surface area contributed by atoms with Crippen LogP contribution in [0.15, 0.2) is 18.2 Å². The minimum absolute atomic E-state index is 0.320. The van der Waals surface area contributed by atoms with Crippen LogP contribution in [-0.2, 0) is 0 Å². The van der Waals surface area contributed by atoms with Crippen LogP contribution < -0.4 is 4.74 Å². The number of benzene rings is 1. The third-order valence-electron chi connectivity index (χ3n) is 3.86. The summed E-state index contributed by atoms with van der Waals surface area (Å²) in [5.74, 6) is 0.985. The highest BCUT2D eigenvalue weighted by Crippen LogP contribution is 2.21. The summed E-state index contributed by atoms with van der Waals surface area (Å²) in [6.07, 6.45) is 3.06. The number of piperidine rings is 1. The van der Waals surface area contributed by atoms with Crippen molar-refractivity contribution in [1.29, 1.82) is 5.26 Å². The van der Waals surface area contributed by atoms with E-state index in [1.807, 2.05) is 0 Å². The first-order valence-corrected chi connectivity index (χ1v) is 7.02. The minimum atomic E-state index is 0.320. The zero-order chi connectivity index (χ0) is 13.7. The van der Waals surface area contributed by atoms with E-state index in [-0.39, 0.29) is 0 Å². The van der Waals surface area contributed by atoms with Crippen LogP contribution in [0.1, 0.15) is 30.4 Å². The molecular weight excluding hydrogens is 236 g/mol. The van der Waals surface area contributed by atoms with E-state index in [0.29, 0.717) is 12.5 Å². The summed E-state index contributed by atoms with van der Waals surface area (Å²) in [6.45, 7) is 7.21. The van der Waals surface area contributed by atoms with Gasteiger partial charge in [0.1, 0.15) is 11.9 Å². The third kappa shape index (κ3) is 3.97. The molecule has 1 aromatic rings. The predicted molar refractivity (Wildman–Crippen MR) is 76.2 cm³/mol. The Balaban J connectivity index is 1.82. The second kappa shape index (κ2) is 6.58. The smallest absolute Gasteiger partial charge is 0.120 e. The molecule has 2 rings (SSSR count). The zero-order valence-electron chi connectivity index (χ0n) is 11.9. The molecule has 0 radical (unpaired) electrons. The second-order valence-electron chi connectivity index (χ2n) is 5.31. The Morgan fingerprint density at radius 1 is 1.26 bits per heavy atom. The molecule has 1 aliphatic heterocycles. The van der Waals surface area contributed by atoms with Crippen LogP contribution >= 0.6 is 0 Å². The molecule has 3 nitrogen and oxygen atoms in total. The molecule has 19 heavy (non-hydrogen) atoms. The van der Waals surface area contributed by atoms with Gasteiger partial charge in [0.2, 0.25) is 0 Å². The van der Waals surface area contributed by atoms with Crippen molar-refractivity contribution in [3.63, 3.8) is 0 Å². The van der Waals surface area contributed by atoms with Crippen molar-refractivity contribution in [3.8, 4) is 11.8 Å². The first-order chi connectivity index (χ1) is 9.19. The number of nitriles is 1. The lowest BCUT2D eigenvalue weighted by molar-refractivity contribution is 0.102. The molecule has 3 heteroatoms. The lowest BCUT2D eigenvalue weighted by Crippen LogP contribution is -2.38. The minimum Gasteiger partial charge on any atom is -0.490 e. The van der Waals surface area contributed by atoms with E-state index < -0.39 is 0 Å². The summed E-state index contributed by atoms with van der Waals surface area (Å²) in [5.41, 5.74) is 2.59. The van der Waals surface area contributed by atoms with Crippen LogP contribution in [0.4, 0.5) is 0 Å². The van der Waals surface area contributed by atoms with E-state index in [4.69, 9.17) is 10.00 Å². The molecule has 1 aromatic carbocycles. The first kappa shape index (κ1) is 13.9. The number of nitrogens with zero attached hydrogens (tertiary/aromatic N) is 2. The van der Waals surface area contributed by atoms with Crippen LogP contribution in [0.2, 0.25) is 0 Å². The van der Waals surface area contributed by atoms with Crippen LogP contribution in [0.25, 0.3) is 0 Å². The molecule has 1 aliphatic rings. The van der Waals surface area contributed by atoms with Crippen molar-refractivity contribution in [2.45, 2.75) is 39.2 Å². The average Bonchev–Trinajstić information content (AvgIpc) is 2.42. The summed E-state index contributed by atoms with van der Waals surface area (Å²) in [6, 6.07) is 8.50. The van der Waals surface area contributed by atoms with Crippen LogP contribution in [0.3, 0.4) is 0 Å². The Bertz CT molecular complexity index is 456. The standard InChI is InChI=1S/C16H22N2O/c1-13-4-5-16(12-14(13)2)19-15-6-10-18(11-7-15)9-3-8-17/h4-5,12,15H,3,6-7,9-11H2,1-2H3. The fourth-order valence-electron chi connectivity index (χ4n) is 2.44. The van der Waals surface area contributed by atoms with Crippen molar-refractivity contribution in [2.75, 3.05) is 19.6 Å². The fourth-order valence-corrected chi connectivity index (χ4v) is 2.44. The molecule has 0 saturated carbocycles. The van der Waals surface area contributed by atoms with Crippen molar-refractivity contribution in [3.05, 3.63) is 29.3 Å². The fraction of sp³-hybridized carbons (Fsp3) is 0.562. The van der Waals surface area contributed by atoms with Gasteiger partial charge < -0.3 is 9.64 Å². The predicted octanol–water partition coefficient (Wildman–Crippen LogP) is 3.06. The van der Waals surface area contributed by atoms with E-state index in [9.17, 15) is 0 Å². The Labute approximate surface area is 115 Å². The van der Waals surface area contributed by atoms with E-state index >= 15 is 0 Å². The van der Waals surface area contributed by atoms with Gasteiger partial charge in [0, 0.05) is 26.1 Å². The second-order valence-corrected chi connectivity index (χ2v) is 5.31. The van der Waals surface area contributed by atoms with E-state index in [1.54, 1.807) is 0 Å². The Hall–Kier alpha value is -1.53. The molecule has 102 valence electrons. The molecule has 1 fully saturated rings. The van der Waals surface area contributed by atoms with E-state index in [1.165, 1.54) is 11.1 Å². The zero-order valence-corrected chi connectivity index (χ0v) is 11.9. The Morgan fingerprint density at radius 2 is 2.00 bits per heavy atom. The van der Waals surface area contributed by atoms with Crippen molar-refractivity contribution in [2.24, 2.45) is 0 Å². The largest absolute Gasteiger partial charge is 0.490 e. The molecule has 0 amide bonds. The van der Waals surface area contributed by atoms with Crippen LogP contribution in [0.5, 0.6) is 5.75 Å². The average molecular weight is 258 g/mol. The van der Waals surface area contributed by atoms with E-state index in [0.717, 1.165) is 38.2 Å². The molecule has 0 aliphatic carbocycles. The summed E-state index contributed by atoms with van der Waals surface area (Å²) in [7, 11) is 0. The van der Waals surface area contributed by atoms with Crippen LogP contribution in [-0.4, -0.2) is 30.6 Å². The highest BCUT2D eigenvalue weighted by atomic mass is 16.5. The molecule has 0 spiro atoms. The van der Waals surface area contributed by atoms with Crippen LogP contribution in [0, 0.1) is 25.2 Å². The van der Waals surface area contributed by atoms with Gasteiger partial charge in [-0.05, 0) is 49.9 Å². The summed E-state index contributed by atoms with van der Waals surface area (Å²) < 4.78 is 6.05. The number of hydrogen-bond acceptors (Lipinski definition) is 3. The first-order valence-electron chi connectivity index (χ1n) is 7.02. The van der Waals surface area contributed by atoms with Gasteiger partial charge in [0.25, 0.3) is 0 Å². The number of rotatable bonds is 4. The Morgan fingerprint density at radius 3 is 2.63 bits per heavy atom. The van der Waals surface area contributed by atoms with Gasteiger partial charge in [0.05, 0.1) is 6.07 Å². The third-order valence-corrected chi connectivity index (χ3v) is 3.86. The number of aryl methyl sites for hydroxylation is 2. The van der Waals surface area contributed by atoms with Crippen molar-refractivity contribution < 1.29 is 4.74 Å². The quantitative estimate of drug-likeness (QED) is 0.832. The van der Waals surface area contributed by atoms with Gasteiger partial charge in [-0.15, -0.1) is 0 Å². The van der Waals surface area contributed by atoms with Gasteiger partial charge in [-0.3, -0.25) is 0 Å². The van der Waals surface area contributed by atoms with Gasteiger partial charge in [0.15, 0.2) is 0 Å². The highest BCUT2D eigenvalue weighted by molar-refractivity contribution is 5.33. The number of hydrogen-bond donors (Lipinski definition) is 0. The maximum Gasteiger partial charge on any atom is 0.120 e. The monoisotopic (exact) mass is 258 g/mol. The lowest BCUT2D eigenvalue weighted by Gasteiger charge is -2.31. The molecule has 0 atom stereocenters. The number of ether oxygens (including phenoxy) is 1. The molecule has 0 aromatic heterocycles.